The summed E-state index contributed by atoms with van der Waals surface area (Å²) in [7, 11) is 3.51. The van der Waals surface area contributed by atoms with Crippen LogP contribution in [0.4, 0.5) is 5.69 Å². The second kappa shape index (κ2) is 11.1. The topological polar surface area (TPSA) is 96.2 Å². The number of aromatic nitrogens is 3. The predicted molar refractivity (Wildman–Crippen MR) is 117 cm³/mol. The number of hydrogen-bond acceptors (Lipinski definition) is 4. The quantitative estimate of drug-likeness (QED) is 0.299. The molecule has 1 heterocycles. The fourth-order valence-corrected chi connectivity index (χ4v) is 2.46. The van der Waals surface area contributed by atoms with E-state index in [0.29, 0.717) is 25.5 Å². The molecule has 0 fully saturated rings. The summed E-state index contributed by atoms with van der Waals surface area (Å²) in [6.45, 7) is 2.93. The van der Waals surface area contributed by atoms with Gasteiger partial charge < -0.3 is 16.0 Å². The lowest BCUT2D eigenvalue weighted by molar-refractivity contribution is -0.116. The lowest BCUT2D eigenvalue weighted by Gasteiger charge is -2.12. The summed E-state index contributed by atoms with van der Waals surface area (Å²) in [4.78, 5) is 20.3. The van der Waals surface area contributed by atoms with Gasteiger partial charge in [-0.1, -0.05) is 22.0 Å². The Morgan fingerprint density at radius 2 is 2.12 bits per heavy atom. The van der Waals surface area contributed by atoms with Crippen molar-refractivity contribution in [2.75, 3.05) is 18.9 Å². The monoisotopic (exact) mass is 535 g/mol. The van der Waals surface area contributed by atoms with Crippen LogP contribution in [-0.2, 0) is 18.4 Å². The number of nitrogens with zero attached hydrogens (tertiary/aromatic N) is 4. The van der Waals surface area contributed by atoms with Crippen LogP contribution in [0.1, 0.15) is 17.8 Å². The van der Waals surface area contributed by atoms with Crippen molar-refractivity contribution in [1.82, 2.24) is 25.4 Å². The molecule has 3 N–H and O–H groups in total. The van der Waals surface area contributed by atoms with E-state index in [4.69, 9.17) is 0 Å². The van der Waals surface area contributed by atoms with Crippen LogP contribution >= 0.6 is 39.9 Å². The summed E-state index contributed by atoms with van der Waals surface area (Å²) >= 11 is 3.41. The van der Waals surface area contributed by atoms with Crippen molar-refractivity contribution < 1.29 is 4.79 Å². The normalized spacial score (nSPS) is 10.8. The number of rotatable bonds is 6. The molecule has 2 aromatic rings. The van der Waals surface area contributed by atoms with Gasteiger partial charge in [0.05, 0.1) is 6.54 Å². The van der Waals surface area contributed by atoms with Crippen molar-refractivity contribution in [2.24, 2.45) is 12.0 Å². The average Bonchev–Trinajstić information content (AvgIpc) is 2.99. The Hall–Kier alpha value is -1.69. The zero-order chi connectivity index (χ0) is 18.2. The molecule has 1 aromatic carbocycles. The molecule has 0 bridgehead atoms. The van der Waals surface area contributed by atoms with E-state index in [-0.39, 0.29) is 29.9 Å². The molecule has 0 atom stereocenters. The minimum atomic E-state index is -0.0579. The Kier molecular flexibility index (Phi) is 9.55. The summed E-state index contributed by atoms with van der Waals surface area (Å²) in [5, 5.41) is 13.2. The maximum absolute atomic E-state index is 12.1. The van der Waals surface area contributed by atoms with Crippen LogP contribution in [0.15, 0.2) is 34.0 Å². The van der Waals surface area contributed by atoms with Gasteiger partial charge in [0.2, 0.25) is 5.91 Å². The van der Waals surface area contributed by atoms with Gasteiger partial charge in [0.15, 0.2) is 5.96 Å². The van der Waals surface area contributed by atoms with Crippen molar-refractivity contribution >= 4 is 57.5 Å². The maximum atomic E-state index is 12.1. The predicted octanol–water partition coefficient (Wildman–Crippen LogP) is 2.20. The number of aliphatic imine (C=N–C) groups is 1. The molecule has 0 saturated heterocycles. The minimum Gasteiger partial charge on any atom is -0.356 e. The van der Waals surface area contributed by atoms with Gasteiger partial charge in [-0.05, 0) is 24.6 Å². The number of halogens is 2. The van der Waals surface area contributed by atoms with E-state index in [9.17, 15) is 4.79 Å². The number of anilines is 1. The van der Waals surface area contributed by atoms with Crippen molar-refractivity contribution in [3.05, 3.63) is 40.4 Å². The molecule has 142 valence electrons. The molecule has 0 spiro atoms. The summed E-state index contributed by atoms with van der Waals surface area (Å²) in [5.74, 6) is 1.35. The third-order valence-corrected chi connectivity index (χ3v) is 4.05. The van der Waals surface area contributed by atoms with Gasteiger partial charge in [0.1, 0.15) is 12.2 Å². The molecule has 0 aliphatic rings. The van der Waals surface area contributed by atoms with E-state index in [1.165, 1.54) is 6.33 Å². The number of nitrogens with one attached hydrogen (secondary N) is 3. The van der Waals surface area contributed by atoms with Crippen LogP contribution in [0.25, 0.3) is 0 Å². The molecular formula is C16H23BrIN7O. The lowest BCUT2D eigenvalue weighted by Crippen LogP contribution is -2.38. The van der Waals surface area contributed by atoms with E-state index in [2.05, 4.69) is 47.0 Å². The smallest absolute Gasteiger partial charge is 0.226 e. The molecule has 26 heavy (non-hydrogen) atoms. The Morgan fingerprint density at radius 3 is 2.77 bits per heavy atom. The summed E-state index contributed by atoms with van der Waals surface area (Å²) in [5.41, 5.74) is 1.83. The Balaban J connectivity index is 0.00000338. The van der Waals surface area contributed by atoms with Crippen LogP contribution in [0, 0.1) is 6.92 Å². The maximum Gasteiger partial charge on any atom is 0.226 e. The first-order valence-electron chi connectivity index (χ1n) is 7.83. The first kappa shape index (κ1) is 22.4. The molecule has 1 amide bonds. The van der Waals surface area contributed by atoms with E-state index >= 15 is 0 Å². The lowest BCUT2D eigenvalue weighted by atomic mass is 10.2. The van der Waals surface area contributed by atoms with Crippen molar-refractivity contribution in [3.8, 4) is 0 Å². The molecule has 2 rings (SSSR count). The number of guanidine groups is 1. The van der Waals surface area contributed by atoms with Crippen LogP contribution < -0.4 is 16.0 Å². The van der Waals surface area contributed by atoms with Gasteiger partial charge in [0, 0.05) is 37.2 Å². The number of aryl methyl sites for hydroxylation is 2. The zero-order valence-corrected chi connectivity index (χ0v) is 18.8. The Labute approximate surface area is 178 Å². The number of carbonyl (C=O) groups excluding carboxylic acids is 1. The standard InChI is InChI=1S/C16H22BrN7O.HI/c1-11-4-5-12(17)8-13(11)23-15(25)6-7-19-16(18-2)20-9-14-21-10-22-24(14)3;/h4-5,8,10H,6-7,9H2,1-3H3,(H,23,25)(H2,18,19,20);1H. The van der Waals surface area contributed by atoms with Crippen LogP contribution in [0.2, 0.25) is 0 Å². The molecule has 0 unspecified atom stereocenters. The molecule has 0 aliphatic carbocycles. The summed E-state index contributed by atoms with van der Waals surface area (Å²) in [6.07, 6.45) is 1.83. The number of hydrogen-bond donors (Lipinski definition) is 3. The fourth-order valence-electron chi connectivity index (χ4n) is 2.10. The first-order valence-corrected chi connectivity index (χ1v) is 8.62. The molecule has 0 radical (unpaired) electrons. The third kappa shape index (κ3) is 6.90. The van der Waals surface area contributed by atoms with Gasteiger partial charge in [-0.2, -0.15) is 5.10 Å². The van der Waals surface area contributed by atoms with Gasteiger partial charge in [-0.25, -0.2) is 4.98 Å². The average molecular weight is 536 g/mol. The van der Waals surface area contributed by atoms with E-state index < -0.39 is 0 Å². The van der Waals surface area contributed by atoms with Gasteiger partial charge in [-0.15, -0.1) is 24.0 Å². The molecule has 0 aliphatic heterocycles. The zero-order valence-electron chi connectivity index (χ0n) is 14.9. The number of benzene rings is 1. The van der Waals surface area contributed by atoms with Gasteiger partial charge >= 0.3 is 0 Å². The second-order valence-electron chi connectivity index (χ2n) is 5.41. The highest BCUT2D eigenvalue weighted by Crippen LogP contribution is 2.20. The Morgan fingerprint density at radius 1 is 1.35 bits per heavy atom. The van der Waals surface area contributed by atoms with Crippen LogP contribution in [0.5, 0.6) is 0 Å². The van der Waals surface area contributed by atoms with Crippen molar-refractivity contribution in [2.45, 2.75) is 19.9 Å². The largest absolute Gasteiger partial charge is 0.356 e. The van der Waals surface area contributed by atoms with E-state index in [0.717, 1.165) is 21.5 Å². The fraction of sp³-hybridized carbons (Fsp3) is 0.375. The molecule has 10 heteroatoms. The molecule has 1 aromatic heterocycles. The van der Waals surface area contributed by atoms with E-state index in [1.54, 1.807) is 11.7 Å². The van der Waals surface area contributed by atoms with Crippen molar-refractivity contribution in [3.63, 3.8) is 0 Å². The highest BCUT2D eigenvalue weighted by atomic mass is 127. The molecular weight excluding hydrogens is 513 g/mol. The number of carbonyl (C=O) groups is 1. The van der Waals surface area contributed by atoms with Crippen molar-refractivity contribution in [1.29, 1.82) is 0 Å². The molecule has 0 saturated carbocycles. The highest BCUT2D eigenvalue weighted by Gasteiger charge is 2.07. The second-order valence-corrected chi connectivity index (χ2v) is 6.33. The van der Waals surface area contributed by atoms with Crippen LogP contribution in [-0.4, -0.2) is 40.2 Å². The molecule has 8 nitrogen and oxygen atoms in total. The SMILES string of the molecule is CN=C(NCCC(=O)Nc1cc(Br)ccc1C)NCc1ncnn1C.I. The third-order valence-electron chi connectivity index (χ3n) is 3.56. The number of amides is 1. The van der Waals surface area contributed by atoms with Gasteiger partial charge in [0.25, 0.3) is 0 Å². The van der Waals surface area contributed by atoms with E-state index in [1.807, 2.05) is 32.2 Å². The highest BCUT2D eigenvalue weighted by molar-refractivity contribution is 14.0. The van der Waals surface area contributed by atoms with Crippen LogP contribution in [0.3, 0.4) is 0 Å². The summed E-state index contributed by atoms with van der Waals surface area (Å²) in [6, 6.07) is 5.79. The minimum absolute atomic E-state index is 0. The Bertz CT molecular complexity index is 763. The first-order chi connectivity index (χ1) is 12.0. The summed E-state index contributed by atoms with van der Waals surface area (Å²) < 4.78 is 2.62. The van der Waals surface area contributed by atoms with Gasteiger partial charge in [-0.3, -0.25) is 14.5 Å².